The molecule has 0 saturated heterocycles. The average Bonchev–Trinajstić information content (AvgIpc) is 2.69. The number of nitrogens with two attached hydrogens (primary N) is 2. The van der Waals surface area contributed by atoms with Crippen molar-refractivity contribution in [2.75, 3.05) is 19.2 Å². The third kappa shape index (κ3) is 5.74. The van der Waals surface area contributed by atoms with Crippen molar-refractivity contribution in [3.8, 4) is 5.75 Å². The molecule has 0 aliphatic carbocycles. The van der Waals surface area contributed by atoms with E-state index in [1.165, 1.54) is 13.2 Å². The Hall–Kier alpha value is -2.64. The second kappa shape index (κ2) is 9.24. The number of hydrogen-bond acceptors (Lipinski definition) is 5. The summed E-state index contributed by atoms with van der Waals surface area (Å²) >= 11 is 0.674. The van der Waals surface area contributed by atoms with Crippen LogP contribution in [0.5, 0.6) is 5.75 Å². The molecule has 13 heteroatoms. The predicted octanol–water partition coefficient (Wildman–Crippen LogP) is 4.63. The molecule has 170 valence electrons. The molecule has 0 heterocycles. The molecular formula is C18H18F6N4O2S. The molecule has 0 fully saturated rings. The van der Waals surface area contributed by atoms with Gasteiger partial charge in [0.25, 0.3) is 0 Å². The van der Waals surface area contributed by atoms with Crippen molar-refractivity contribution in [1.29, 1.82) is 0 Å². The number of hydrogen-bond donors (Lipinski definition) is 2. The van der Waals surface area contributed by atoms with E-state index in [4.69, 9.17) is 16.4 Å². The Morgan fingerprint density at radius 1 is 1.06 bits per heavy atom. The van der Waals surface area contributed by atoms with Gasteiger partial charge in [0.2, 0.25) is 0 Å². The third-order valence-corrected chi connectivity index (χ3v) is 5.15. The molecule has 0 aromatic heterocycles. The number of anilines is 1. The Kier molecular flexibility index (Phi) is 7.34. The van der Waals surface area contributed by atoms with Gasteiger partial charge in [-0.2, -0.15) is 26.3 Å². The third-order valence-electron chi connectivity index (χ3n) is 4.09. The fraction of sp³-hybridized carbons (Fsp3) is 0.278. The number of ether oxygens (including phenoxy) is 1. The second-order valence-electron chi connectivity index (χ2n) is 6.22. The number of nitrogens with zero attached hydrogens (tertiary/aromatic N) is 2. The second-order valence-corrected chi connectivity index (χ2v) is 7.23. The van der Waals surface area contributed by atoms with Gasteiger partial charge in [0.1, 0.15) is 5.75 Å². The molecule has 0 aliphatic heterocycles. The van der Waals surface area contributed by atoms with Crippen LogP contribution in [0.2, 0.25) is 0 Å². The van der Waals surface area contributed by atoms with Crippen LogP contribution in [0, 0.1) is 0 Å². The topological polar surface area (TPSA) is 84.8 Å². The van der Waals surface area contributed by atoms with Crippen LogP contribution in [-0.4, -0.2) is 25.2 Å². The quantitative estimate of drug-likeness (QED) is 0.220. The molecule has 6 nitrogen and oxygen atoms in total. The summed E-state index contributed by atoms with van der Waals surface area (Å²) in [4.78, 5) is 12.0. The normalized spacial score (nSPS) is 11.9. The van der Waals surface area contributed by atoms with E-state index in [1.54, 1.807) is 0 Å². The lowest BCUT2D eigenvalue weighted by Gasteiger charge is -2.25. The standard InChI is InChI=1S/C18H18F6N4O2S/c1-27(25)16(29)28(26)13-5-3-4-12(18(22,23)24)11(13)9-31-15-8-10(17(19,20)21)6-7-14(15)30-2/h3-8H,9,25-26H2,1-2H3. The fourth-order valence-electron chi connectivity index (χ4n) is 2.61. The molecule has 0 spiro atoms. The van der Waals surface area contributed by atoms with Gasteiger partial charge in [-0.3, -0.25) is 5.01 Å². The first-order valence-electron chi connectivity index (χ1n) is 8.41. The van der Waals surface area contributed by atoms with E-state index in [2.05, 4.69) is 0 Å². The van der Waals surface area contributed by atoms with Gasteiger partial charge in [-0.15, -0.1) is 11.8 Å². The average molecular weight is 468 g/mol. The van der Waals surface area contributed by atoms with Crippen LogP contribution in [0.25, 0.3) is 0 Å². The van der Waals surface area contributed by atoms with Crippen LogP contribution in [0.1, 0.15) is 16.7 Å². The Morgan fingerprint density at radius 2 is 1.71 bits per heavy atom. The van der Waals surface area contributed by atoms with Gasteiger partial charge in [0, 0.05) is 12.8 Å². The molecule has 31 heavy (non-hydrogen) atoms. The SMILES string of the molecule is COc1ccc(C(F)(F)F)cc1SCc1c(N(N)C(=O)N(C)N)cccc1C(F)(F)F. The van der Waals surface area contributed by atoms with Crippen LogP contribution < -0.4 is 21.4 Å². The minimum absolute atomic E-state index is 0.0360. The van der Waals surface area contributed by atoms with Crippen molar-refractivity contribution in [2.24, 2.45) is 11.7 Å². The largest absolute Gasteiger partial charge is 0.496 e. The molecule has 0 radical (unpaired) electrons. The fourth-order valence-corrected chi connectivity index (χ4v) is 3.71. The van der Waals surface area contributed by atoms with E-state index in [0.29, 0.717) is 21.8 Å². The molecule has 2 aromatic rings. The maximum Gasteiger partial charge on any atom is 0.416 e. The first-order valence-corrected chi connectivity index (χ1v) is 9.40. The highest BCUT2D eigenvalue weighted by atomic mass is 32.2. The predicted molar refractivity (Wildman–Crippen MR) is 103 cm³/mol. The summed E-state index contributed by atoms with van der Waals surface area (Å²) in [5, 5.41) is 1.02. The van der Waals surface area contributed by atoms with Crippen LogP contribution in [-0.2, 0) is 18.1 Å². The molecule has 0 saturated carbocycles. The molecule has 0 unspecified atom stereocenters. The molecule has 0 aliphatic rings. The molecule has 2 amide bonds. The molecule has 0 bridgehead atoms. The molecule has 4 N–H and O–H groups in total. The number of carbonyl (C=O) groups is 1. The molecule has 2 aromatic carbocycles. The van der Waals surface area contributed by atoms with E-state index in [-0.39, 0.29) is 16.3 Å². The first kappa shape index (κ1) is 24.6. The van der Waals surface area contributed by atoms with Crippen molar-refractivity contribution in [1.82, 2.24) is 5.01 Å². The van der Waals surface area contributed by atoms with Crippen molar-refractivity contribution in [3.63, 3.8) is 0 Å². The van der Waals surface area contributed by atoms with Gasteiger partial charge in [-0.25, -0.2) is 21.5 Å². The molecular weight excluding hydrogens is 450 g/mol. The van der Waals surface area contributed by atoms with E-state index < -0.39 is 40.8 Å². The molecule has 0 atom stereocenters. The minimum atomic E-state index is -4.80. The monoisotopic (exact) mass is 468 g/mol. The van der Waals surface area contributed by atoms with Crippen LogP contribution >= 0.6 is 11.8 Å². The molecule has 2 rings (SSSR count). The van der Waals surface area contributed by atoms with Crippen molar-refractivity contribution in [3.05, 3.63) is 53.1 Å². The van der Waals surface area contributed by atoms with Crippen molar-refractivity contribution >= 4 is 23.5 Å². The van der Waals surface area contributed by atoms with Crippen LogP contribution in [0.4, 0.5) is 36.8 Å². The highest BCUT2D eigenvalue weighted by molar-refractivity contribution is 7.98. The zero-order chi connectivity index (χ0) is 23.6. The number of thioether (sulfide) groups is 1. The summed E-state index contributed by atoms with van der Waals surface area (Å²) in [6.07, 6.45) is -9.45. The summed E-state index contributed by atoms with van der Waals surface area (Å²) in [6.45, 7) is 0. The van der Waals surface area contributed by atoms with Gasteiger partial charge < -0.3 is 4.74 Å². The highest BCUT2D eigenvalue weighted by Gasteiger charge is 2.36. The Morgan fingerprint density at radius 3 is 2.23 bits per heavy atom. The van der Waals surface area contributed by atoms with E-state index in [0.717, 1.165) is 37.4 Å². The first-order chi connectivity index (χ1) is 14.3. The summed E-state index contributed by atoms with van der Waals surface area (Å²) in [7, 11) is 2.37. The summed E-state index contributed by atoms with van der Waals surface area (Å²) in [5.74, 6) is 10.6. The maximum atomic E-state index is 13.6. The lowest BCUT2D eigenvalue weighted by Crippen LogP contribution is -2.49. The van der Waals surface area contributed by atoms with Gasteiger partial charge in [0.05, 0.1) is 28.8 Å². The highest BCUT2D eigenvalue weighted by Crippen LogP contribution is 2.42. The summed E-state index contributed by atoms with van der Waals surface area (Å²) in [5.41, 5.74) is -2.78. The number of halogens is 6. The number of hydrazine groups is 2. The van der Waals surface area contributed by atoms with Gasteiger partial charge in [0.15, 0.2) is 0 Å². The number of amides is 2. The number of urea groups is 1. The number of alkyl halides is 6. The number of methoxy groups -OCH3 is 1. The Balaban J connectivity index is 2.52. The zero-order valence-electron chi connectivity index (χ0n) is 16.2. The minimum Gasteiger partial charge on any atom is -0.496 e. The number of rotatable bonds is 5. The van der Waals surface area contributed by atoms with Gasteiger partial charge >= 0.3 is 18.4 Å². The number of carbonyl (C=O) groups excluding carboxylic acids is 1. The maximum absolute atomic E-state index is 13.6. The summed E-state index contributed by atoms with van der Waals surface area (Å²) < 4.78 is 84.9. The van der Waals surface area contributed by atoms with Crippen molar-refractivity contribution < 1.29 is 35.9 Å². The van der Waals surface area contributed by atoms with Crippen LogP contribution in [0.3, 0.4) is 0 Å². The lowest BCUT2D eigenvalue weighted by molar-refractivity contribution is -0.138. The van der Waals surface area contributed by atoms with E-state index >= 15 is 0 Å². The lowest BCUT2D eigenvalue weighted by atomic mass is 10.1. The summed E-state index contributed by atoms with van der Waals surface area (Å²) in [6, 6.07) is 4.67. The van der Waals surface area contributed by atoms with Gasteiger partial charge in [-0.05, 0) is 35.9 Å². The Bertz CT molecular complexity index is 950. The zero-order valence-corrected chi connectivity index (χ0v) is 17.0. The Labute approximate surface area is 177 Å². The smallest absolute Gasteiger partial charge is 0.416 e. The van der Waals surface area contributed by atoms with E-state index in [9.17, 15) is 31.1 Å². The van der Waals surface area contributed by atoms with Crippen molar-refractivity contribution in [2.45, 2.75) is 23.0 Å². The van der Waals surface area contributed by atoms with Crippen LogP contribution in [0.15, 0.2) is 41.3 Å². The van der Waals surface area contributed by atoms with E-state index in [1.807, 2.05) is 0 Å². The number of benzene rings is 2. The van der Waals surface area contributed by atoms with Gasteiger partial charge in [-0.1, -0.05) is 6.07 Å².